The van der Waals surface area contributed by atoms with Gasteiger partial charge in [-0.15, -0.1) is 0 Å². The number of likely N-dealkylation sites (N-methyl/N-ethyl adjacent to an activating group) is 1. The summed E-state index contributed by atoms with van der Waals surface area (Å²) in [5.41, 5.74) is 0.0733. The molecule has 0 aromatic carbocycles. The van der Waals surface area contributed by atoms with Gasteiger partial charge >= 0.3 is 0 Å². The van der Waals surface area contributed by atoms with Crippen molar-refractivity contribution in [2.45, 2.75) is 32.4 Å². The fraction of sp³-hybridized carbons (Fsp3) is 1.00. The summed E-state index contributed by atoms with van der Waals surface area (Å²) in [5.74, 6) is 0. The van der Waals surface area contributed by atoms with Crippen molar-refractivity contribution >= 4 is 0 Å². The Hall–Kier alpha value is -0.160. The van der Waals surface area contributed by atoms with Crippen LogP contribution in [0, 0.1) is 0 Å². The lowest BCUT2D eigenvalue weighted by Gasteiger charge is -2.40. The first-order chi connectivity index (χ1) is 7.61. The molecule has 0 aliphatic carbocycles. The molecular formula is C12H26N2O2. The van der Waals surface area contributed by atoms with Gasteiger partial charge in [0.15, 0.2) is 0 Å². The number of nitrogens with one attached hydrogen (secondary N) is 1. The molecular weight excluding hydrogens is 204 g/mol. The van der Waals surface area contributed by atoms with E-state index in [1.807, 2.05) is 0 Å². The van der Waals surface area contributed by atoms with E-state index in [9.17, 15) is 0 Å². The highest BCUT2D eigenvalue weighted by Gasteiger charge is 2.32. The Balaban J connectivity index is 2.17. The van der Waals surface area contributed by atoms with Crippen molar-refractivity contribution in [1.82, 2.24) is 10.2 Å². The molecule has 1 fully saturated rings. The van der Waals surface area contributed by atoms with Gasteiger partial charge in [0.25, 0.3) is 0 Å². The van der Waals surface area contributed by atoms with E-state index in [4.69, 9.17) is 9.47 Å². The maximum Gasteiger partial charge on any atom is 0.0902 e. The van der Waals surface area contributed by atoms with Gasteiger partial charge in [-0.25, -0.2) is 0 Å². The molecule has 0 spiro atoms. The average Bonchev–Trinajstić information content (AvgIpc) is 2.22. The third kappa shape index (κ3) is 4.01. The monoisotopic (exact) mass is 230 g/mol. The first kappa shape index (κ1) is 13.9. The minimum atomic E-state index is 0.0733. The molecule has 4 nitrogen and oxygen atoms in total. The van der Waals surface area contributed by atoms with E-state index in [2.05, 4.69) is 31.0 Å². The van der Waals surface area contributed by atoms with Crippen LogP contribution in [0.1, 0.15) is 20.8 Å². The standard InChI is InChI=1S/C12H26N2O2/c1-5-14(11(2)8-15-4)6-7-16-12(3)9-13-10-12/h11,13H,5-10H2,1-4H3. The SMILES string of the molecule is CCN(CCOC1(C)CNC1)C(C)COC. The third-order valence-electron chi connectivity index (χ3n) is 3.26. The lowest BCUT2D eigenvalue weighted by Crippen LogP contribution is -2.59. The van der Waals surface area contributed by atoms with E-state index in [-0.39, 0.29) is 5.60 Å². The van der Waals surface area contributed by atoms with Gasteiger partial charge in [0.1, 0.15) is 0 Å². The van der Waals surface area contributed by atoms with Crippen molar-refractivity contribution in [3.05, 3.63) is 0 Å². The van der Waals surface area contributed by atoms with Gasteiger partial charge in [0, 0.05) is 32.8 Å². The molecule has 4 heteroatoms. The molecule has 1 aliphatic heterocycles. The van der Waals surface area contributed by atoms with Gasteiger partial charge in [0.05, 0.1) is 18.8 Å². The summed E-state index contributed by atoms with van der Waals surface area (Å²) in [5, 5.41) is 3.24. The van der Waals surface area contributed by atoms with E-state index in [1.54, 1.807) is 7.11 Å². The first-order valence-electron chi connectivity index (χ1n) is 6.19. The van der Waals surface area contributed by atoms with Crippen LogP contribution in [0.3, 0.4) is 0 Å². The summed E-state index contributed by atoms with van der Waals surface area (Å²) in [6.45, 7) is 12.1. The van der Waals surface area contributed by atoms with E-state index in [0.29, 0.717) is 6.04 Å². The summed E-state index contributed by atoms with van der Waals surface area (Å²) in [7, 11) is 1.75. The van der Waals surface area contributed by atoms with Gasteiger partial charge in [-0.2, -0.15) is 0 Å². The number of nitrogens with zero attached hydrogens (tertiary/aromatic N) is 1. The Labute approximate surface area is 99.3 Å². The van der Waals surface area contributed by atoms with Crippen LogP contribution in [0.5, 0.6) is 0 Å². The summed E-state index contributed by atoms with van der Waals surface area (Å²) in [6, 6.07) is 0.464. The van der Waals surface area contributed by atoms with Crippen molar-refractivity contribution in [2.75, 3.05) is 46.5 Å². The molecule has 0 saturated carbocycles. The lowest BCUT2D eigenvalue weighted by atomic mass is 10.0. The minimum Gasteiger partial charge on any atom is -0.383 e. The normalized spacial score (nSPS) is 20.8. The Morgan fingerprint density at radius 1 is 1.44 bits per heavy atom. The summed E-state index contributed by atoms with van der Waals surface area (Å²) in [6.07, 6.45) is 0. The van der Waals surface area contributed by atoms with Crippen LogP contribution in [-0.2, 0) is 9.47 Å². The second kappa shape index (κ2) is 6.55. The smallest absolute Gasteiger partial charge is 0.0902 e. The molecule has 0 aromatic heterocycles. The third-order valence-corrected chi connectivity index (χ3v) is 3.26. The molecule has 1 aliphatic rings. The largest absolute Gasteiger partial charge is 0.383 e. The van der Waals surface area contributed by atoms with E-state index >= 15 is 0 Å². The van der Waals surface area contributed by atoms with Crippen LogP contribution in [0.2, 0.25) is 0 Å². The maximum absolute atomic E-state index is 5.88. The summed E-state index contributed by atoms with van der Waals surface area (Å²) >= 11 is 0. The highest BCUT2D eigenvalue weighted by molar-refractivity contribution is 4.90. The Morgan fingerprint density at radius 2 is 2.12 bits per heavy atom. The molecule has 96 valence electrons. The Kier molecular flexibility index (Phi) is 5.69. The van der Waals surface area contributed by atoms with Gasteiger partial charge in [0.2, 0.25) is 0 Å². The molecule has 1 atom stereocenters. The fourth-order valence-corrected chi connectivity index (χ4v) is 2.03. The van der Waals surface area contributed by atoms with E-state index in [1.165, 1.54) is 0 Å². The molecule has 16 heavy (non-hydrogen) atoms. The number of hydrogen-bond acceptors (Lipinski definition) is 4. The van der Waals surface area contributed by atoms with Gasteiger partial charge < -0.3 is 14.8 Å². The van der Waals surface area contributed by atoms with Gasteiger partial charge in [-0.1, -0.05) is 6.92 Å². The molecule has 1 N–H and O–H groups in total. The van der Waals surface area contributed by atoms with Gasteiger partial charge in [-0.3, -0.25) is 4.90 Å². The zero-order valence-corrected chi connectivity index (χ0v) is 11.1. The minimum absolute atomic E-state index is 0.0733. The maximum atomic E-state index is 5.88. The molecule has 0 bridgehead atoms. The zero-order valence-electron chi connectivity index (χ0n) is 11.1. The number of ether oxygens (including phenoxy) is 2. The quantitative estimate of drug-likeness (QED) is 0.666. The number of hydrogen-bond donors (Lipinski definition) is 1. The predicted octanol–water partition coefficient (Wildman–Crippen LogP) is 0.722. The second-order valence-corrected chi connectivity index (χ2v) is 4.83. The highest BCUT2D eigenvalue weighted by atomic mass is 16.5. The van der Waals surface area contributed by atoms with Crippen LogP contribution in [-0.4, -0.2) is 63.0 Å². The van der Waals surface area contributed by atoms with Crippen LogP contribution in [0.25, 0.3) is 0 Å². The zero-order chi connectivity index (χ0) is 12.0. The van der Waals surface area contributed by atoms with Crippen molar-refractivity contribution in [1.29, 1.82) is 0 Å². The highest BCUT2D eigenvalue weighted by Crippen LogP contribution is 2.15. The van der Waals surface area contributed by atoms with Crippen LogP contribution < -0.4 is 5.32 Å². The molecule has 0 amide bonds. The van der Waals surface area contributed by atoms with Crippen LogP contribution in [0.4, 0.5) is 0 Å². The molecule has 1 saturated heterocycles. The van der Waals surface area contributed by atoms with E-state index < -0.39 is 0 Å². The summed E-state index contributed by atoms with van der Waals surface area (Å²) < 4.78 is 11.1. The topological polar surface area (TPSA) is 33.7 Å². The Bertz CT molecular complexity index is 195. The average molecular weight is 230 g/mol. The lowest BCUT2D eigenvalue weighted by molar-refractivity contribution is -0.0751. The fourth-order valence-electron chi connectivity index (χ4n) is 2.03. The number of rotatable bonds is 8. The van der Waals surface area contributed by atoms with Crippen molar-refractivity contribution in [3.63, 3.8) is 0 Å². The molecule has 1 unspecified atom stereocenters. The molecule has 0 radical (unpaired) electrons. The second-order valence-electron chi connectivity index (χ2n) is 4.83. The van der Waals surface area contributed by atoms with Gasteiger partial charge in [-0.05, 0) is 20.4 Å². The first-order valence-corrected chi connectivity index (χ1v) is 6.19. The van der Waals surface area contributed by atoms with Crippen molar-refractivity contribution < 1.29 is 9.47 Å². The molecule has 0 aromatic rings. The van der Waals surface area contributed by atoms with E-state index in [0.717, 1.165) is 39.4 Å². The van der Waals surface area contributed by atoms with Crippen molar-refractivity contribution in [3.8, 4) is 0 Å². The molecule has 1 heterocycles. The Morgan fingerprint density at radius 3 is 2.56 bits per heavy atom. The molecule has 1 rings (SSSR count). The van der Waals surface area contributed by atoms with Crippen LogP contribution >= 0.6 is 0 Å². The predicted molar refractivity (Wildman–Crippen MR) is 65.8 cm³/mol. The summed E-state index contributed by atoms with van der Waals surface area (Å²) in [4.78, 5) is 2.39. The number of methoxy groups -OCH3 is 1. The van der Waals surface area contributed by atoms with Crippen LogP contribution in [0.15, 0.2) is 0 Å². The van der Waals surface area contributed by atoms with Crippen molar-refractivity contribution in [2.24, 2.45) is 0 Å².